The molecule has 1 amide bonds. The average Bonchev–Trinajstić information content (AvgIpc) is 2.31. The lowest BCUT2D eigenvalue weighted by molar-refractivity contribution is -0.142. The molecule has 1 aromatic carbocycles. The van der Waals surface area contributed by atoms with E-state index in [1.807, 2.05) is 26.0 Å². The molecule has 0 heterocycles. The highest BCUT2D eigenvalue weighted by molar-refractivity contribution is 5.92. The third-order valence-corrected chi connectivity index (χ3v) is 2.40. The number of anilines is 1. The van der Waals surface area contributed by atoms with Gasteiger partial charge >= 0.3 is 5.97 Å². The van der Waals surface area contributed by atoms with E-state index in [0.29, 0.717) is 6.61 Å². The van der Waals surface area contributed by atoms with Crippen LogP contribution in [-0.2, 0) is 20.7 Å². The number of hydrogen-bond acceptors (Lipinski definition) is 3. The Hall–Kier alpha value is -1.84. The van der Waals surface area contributed by atoms with Crippen molar-refractivity contribution in [3.63, 3.8) is 0 Å². The number of benzene rings is 1. The van der Waals surface area contributed by atoms with Gasteiger partial charge < -0.3 is 10.1 Å². The monoisotopic (exact) mass is 249 g/mol. The Morgan fingerprint density at radius 2 is 1.83 bits per heavy atom. The summed E-state index contributed by atoms with van der Waals surface area (Å²) in [5.74, 6) is -0.311. The van der Waals surface area contributed by atoms with Crippen molar-refractivity contribution >= 4 is 17.6 Å². The summed E-state index contributed by atoms with van der Waals surface area (Å²) in [5.41, 5.74) is 1.61. The maximum atomic E-state index is 11.5. The second-order valence-electron chi connectivity index (χ2n) is 4.32. The Balaban J connectivity index is 2.57. The molecule has 4 heteroatoms. The van der Waals surface area contributed by atoms with Crippen LogP contribution >= 0.6 is 0 Å². The third kappa shape index (κ3) is 4.57. The molecule has 0 radical (unpaired) electrons. The molecule has 1 rings (SSSR count). The van der Waals surface area contributed by atoms with Crippen LogP contribution in [0.4, 0.5) is 5.69 Å². The summed E-state index contributed by atoms with van der Waals surface area (Å²) in [6.07, 6.45) is 0.256. The number of carbonyl (C=O) groups excluding carboxylic acids is 2. The molecule has 0 aliphatic heterocycles. The van der Waals surface area contributed by atoms with E-state index in [9.17, 15) is 9.59 Å². The highest BCUT2D eigenvalue weighted by atomic mass is 16.5. The van der Waals surface area contributed by atoms with E-state index in [1.54, 1.807) is 19.1 Å². The highest BCUT2D eigenvalue weighted by Gasteiger charge is 2.07. The summed E-state index contributed by atoms with van der Waals surface area (Å²) in [5, 5.41) is 2.79. The van der Waals surface area contributed by atoms with Crippen molar-refractivity contribution in [2.24, 2.45) is 5.92 Å². The number of ether oxygens (including phenoxy) is 1. The van der Waals surface area contributed by atoms with E-state index in [4.69, 9.17) is 4.74 Å². The van der Waals surface area contributed by atoms with E-state index in [0.717, 1.165) is 11.3 Å². The molecule has 1 aromatic rings. The first-order chi connectivity index (χ1) is 8.52. The Bertz CT molecular complexity index is 410. The fourth-order valence-electron chi connectivity index (χ4n) is 1.37. The lowest BCUT2D eigenvalue weighted by atomic mass is 10.1. The second-order valence-corrected chi connectivity index (χ2v) is 4.32. The zero-order chi connectivity index (χ0) is 13.5. The summed E-state index contributed by atoms with van der Waals surface area (Å²) in [6.45, 7) is 5.85. The SMILES string of the molecule is CCOC(=O)Cc1ccc(NC(=O)C(C)C)cc1. The summed E-state index contributed by atoms with van der Waals surface area (Å²) in [6, 6.07) is 7.20. The number of esters is 1. The minimum Gasteiger partial charge on any atom is -0.466 e. The molecular formula is C14H19NO3. The van der Waals surface area contributed by atoms with Crippen molar-refractivity contribution in [2.45, 2.75) is 27.2 Å². The lowest BCUT2D eigenvalue weighted by Crippen LogP contribution is -2.17. The van der Waals surface area contributed by atoms with Gasteiger partial charge in [0.2, 0.25) is 5.91 Å². The van der Waals surface area contributed by atoms with Gasteiger partial charge in [0.25, 0.3) is 0 Å². The van der Waals surface area contributed by atoms with Crippen LogP contribution in [0, 0.1) is 5.92 Å². The van der Waals surface area contributed by atoms with Crippen molar-refractivity contribution in [3.8, 4) is 0 Å². The minimum absolute atomic E-state index is 0.0202. The quantitative estimate of drug-likeness (QED) is 0.815. The fourth-order valence-corrected chi connectivity index (χ4v) is 1.37. The molecule has 0 aliphatic carbocycles. The average molecular weight is 249 g/mol. The standard InChI is InChI=1S/C14H19NO3/c1-4-18-13(16)9-11-5-7-12(8-6-11)15-14(17)10(2)3/h5-8,10H,4,9H2,1-3H3,(H,15,17). The van der Waals surface area contributed by atoms with Crippen LogP contribution in [0.25, 0.3) is 0 Å². The molecule has 0 bridgehead atoms. The molecule has 0 unspecified atom stereocenters. The summed E-state index contributed by atoms with van der Waals surface area (Å²) in [4.78, 5) is 22.7. The zero-order valence-corrected chi connectivity index (χ0v) is 11.0. The summed E-state index contributed by atoms with van der Waals surface area (Å²) >= 11 is 0. The maximum absolute atomic E-state index is 11.5. The van der Waals surface area contributed by atoms with Crippen molar-refractivity contribution in [1.82, 2.24) is 0 Å². The van der Waals surface area contributed by atoms with Crippen LogP contribution in [0.15, 0.2) is 24.3 Å². The molecular weight excluding hydrogens is 230 g/mol. The molecule has 1 N–H and O–H groups in total. The van der Waals surface area contributed by atoms with E-state index in [1.165, 1.54) is 0 Å². The van der Waals surface area contributed by atoms with Crippen LogP contribution in [0.2, 0.25) is 0 Å². The van der Waals surface area contributed by atoms with Gasteiger partial charge in [0.1, 0.15) is 0 Å². The Morgan fingerprint density at radius 3 is 2.33 bits per heavy atom. The van der Waals surface area contributed by atoms with Crippen molar-refractivity contribution in [2.75, 3.05) is 11.9 Å². The summed E-state index contributed by atoms with van der Waals surface area (Å²) in [7, 11) is 0. The first-order valence-corrected chi connectivity index (χ1v) is 6.08. The Kier molecular flexibility index (Phi) is 5.36. The van der Waals surface area contributed by atoms with E-state index in [2.05, 4.69) is 5.32 Å². The zero-order valence-electron chi connectivity index (χ0n) is 11.0. The van der Waals surface area contributed by atoms with Gasteiger partial charge in [0.05, 0.1) is 13.0 Å². The molecule has 18 heavy (non-hydrogen) atoms. The van der Waals surface area contributed by atoms with Gasteiger partial charge in [-0.25, -0.2) is 0 Å². The smallest absolute Gasteiger partial charge is 0.310 e. The number of rotatable bonds is 5. The van der Waals surface area contributed by atoms with Gasteiger partial charge in [-0.1, -0.05) is 26.0 Å². The maximum Gasteiger partial charge on any atom is 0.310 e. The van der Waals surface area contributed by atoms with Gasteiger partial charge in [-0.05, 0) is 24.6 Å². The molecule has 4 nitrogen and oxygen atoms in total. The van der Waals surface area contributed by atoms with Crippen LogP contribution in [-0.4, -0.2) is 18.5 Å². The van der Waals surface area contributed by atoms with Crippen LogP contribution in [0.3, 0.4) is 0 Å². The van der Waals surface area contributed by atoms with Gasteiger partial charge in [-0.15, -0.1) is 0 Å². The first kappa shape index (κ1) is 14.2. The topological polar surface area (TPSA) is 55.4 Å². The largest absolute Gasteiger partial charge is 0.466 e. The fraction of sp³-hybridized carbons (Fsp3) is 0.429. The number of hydrogen-bond donors (Lipinski definition) is 1. The van der Waals surface area contributed by atoms with Crippen molar-refractivity contribution in [3.05, 3.63) is 29.8 Å². The van der Waals surface area contributed by atoms with Gasteiger partial charge in [0, 0.05) is 11.6 Å². The van der Waals surface area contributed by atoms with Crippen LogP contribution in [0.5, 0.6) is 0 Å². The number of amides is 1. The molecule has 0 aliphatic rings. The summed E-state index contributed by atoms with van der Waals surface area (Å²) < 4.78 is 4.86. The normalized spacial score (nSPS) is 10.2. The predicted octanol–water partition coefficient (Wildman–Crippen LogP) is 2.39. The van der Waals surface area contributed by atoms with E-state index in [-0.39, 0.29) is 24.2 Å². The van der Waals surface area contributed by atoms with E-state index >= 15 is 0 Å². The molecule has 0 spiro atoms. The Morgan fingerprint density at radius 1 is 1.22 bits per heavy atom. The van der Waals surface area contributed by atoms with Crippen molar-refractivity contribution in [1.29, 1.82) is 0 Å². The molecule has 0 aromatic heterocycles. The second kappa shape index (κ2) is 6.79. The number of nitrogens with one attached hydrogen (secondary N) is 1. The first-order valence-electron chi connectivity index (χ1n) is 6.08. The van der Waals surface area contributed by atoms with Gasteiger partial charge in [-0.2, -0.15) is 0 Å². The molecule has 0 fully saturated rings. The van der Waals surface area contributed by atoms with Crippen LogP contribution < -0.4 is 5.32 Å². The van der Waals surface area contributed by atoms with Crippen molar-refractivity contribution < 1.29 is 14.3 Å². The minimum atomic E-state index is -0.239. The van der Waals surface area contributed by atoms with Gasteiger partial charge in [-0.3, -0.25) is 9.59 Å². The lowest BCUT2D eigenvalue weighted by Gasteiger charge is -2.08. The van der Waals surface area contributed by atoms with Gasteiger partial charge in [0.15, 0.2) is 0 Å². The Labute approximate surface area is 107 Å². The molecule has 98 valence electrons. The number of carbonyl (C=O) groups is 2. The predicted molar refractivity (Wildman–Crippen MR) is 70.2 cm³/mol. The molecule has 0 saturated heterocycles. The van der Waals surface area contributed by atoms with Crippen LogP contribution in [0.1, 0.15) is 26.3 Å². The van der Waals surface area contributed by atoms with E-state index < -0.39 is 0 Å². The highest BCUT2D eigenvalue weighted by Crippen LogP contribution is 2.11. The third-order valence-electron chi connectivity index (χ3n) is 2.40. The molecule has 0 atom stereocenters. The molecule has 0 saturated carbocycles.